The Bertz CT molecular complexity index is 970. The fraction of sp³-hybridized carbons (Fsp3) is 0.0909. The summed E-state index contributed by atoms with van der Waals surface area (Å²) < 4.78 is 10.4. The molecule has 6 nitrogen and oxygen atoms in total. The van der Waals surface area contributed by atoms with Gasteiger partial charge in [0.2, 0.25) is 0 Å². The third kappa shape index (κ3) is 4.48. The van der Waals surface area contributed by atoms with Gasteiger partial charge in [0.05, 0.1) is 19.8 Å². The molecule has 0 aliphatic carbocycles. The highest BCUT2D eigenvalue weighted by Crippen LogP contribution is 2.25. The zero-order valence-corrected chi connectivity index (χ0v) is 15.6. The van der Waals surface area contributed by atoms with Gasteiger partial charge >= 0.3 is 0 Å². The minimum absolute atomic E-state index is 0.194. The average molecular weight is 376 g/mol. The number of anilines is 2. The molecule has 0 bridgehead atoms. The Kier molecular flexibility index (Phi) is 5.91. The summed E-state index contributed by atoms with van der Waals surface area (Å²) in [5.41, 5.74) is 2.20. The Morgan fingerprint density at radius 3 is 1.89 bits per heavy atom. The van der Waals surface area contributed by atoms with Crippen LogP contribution in [0, 0.1) is 0 Å². The molecule has 3 rings (SSSR count). The van der Waals surface area contributed by atoms with E-state index < -0.39 is 0 Å². The van der Waals surface area contributed by atoms with Gasteiger partial charge in [-0.1, -0.05) is 18.2 Å². The summed E-state index contributed by atoms with van der Waals surface area (Å²) in [5.74, 6) is 0.524. The van der Waals surface area contributed by atoms with Crippen molar-refractivity contribution in [1.82, 2.24) is 0 Å². The summed E-state index contributed by atoms with van der Waals surface area (Å²) in [6.07, 6.45) is 0. The third-order valence-electron chi connectivity index (χ3n) is 4.09. The Morgan fingerprint density at radius 1 is 0.714 bits per heavy atom. The number of nitrogens with one attached hydrogen (secondary N) is 2. The van der Waals surface area contributed by atoms with E-state index in [1.165, 1.54) is 7.11 Å². The summed E-state index contributed by atoms with van der Waals surface area (Å²) in [4.78, 5) is 24.7. The van der Waals surface area contributed by atoms with Gasteiger partial charge in [0.25, 0.3) is 11.8 Å². The standard InChI is InChI=1S/C22H20N2O4/c1-27-18-12-13-19(20(14-18)28-2)22(26)24-17-10-8-16(9-11-17)23-21(25)15-6-4-3-5-7-15/h3-14H,1-2H3,(H,23,25)(H,24,26). The van der Waals surface area contributed by atoms with Crippen molar-refractivity contribution in [3.8, 4) is 11.5 Å². The maximum absolute atomic E-state index is 12.5. The molecule has 0 unspecified atom stereocenters. The average Bonchev–Trinajstić information content (AvgIpc) is 2.75. The van der Waals surface area contributed by atoms with Crippen LogP contribution in [0.15, 0.2) is 72.8 Å². The van der Waals surface area contributed by atoms with E-state index in [1.807, 2.05) is 6.07 Å². The van der Waals surface area contributed by atoms with Crippen LogP contribution in [0.2, 0.25) is 0 Å². The Morgan fingerprint density at radius 2 is 1.32 bits per heavy atom. The minimum atomic E-state index is -0.305. The molecule has 6 heteroatoms. The maximum atomic E-state index is 12.5. The molecular formula is C22H20N2O4. The number of carbonyl (C=O) groups is 2. The second-order valence-corrected chi connectivity index (χ2v) is 5.92. The fourth-order valence-corrected chi connectivity index (χ4v) is 2.61. The van der Waals surface area contributed by atoms with Crippen LogP contribution in [0.1, 0.15) is 20.7 Å². The van der Waals surface area contributed by atoms with Gasteiger partial charge < -0.3 is 20.1 Å². The molecule has 0 radical (unpaired) electrons. The van der Waals surface area contributed by atoms with E-state index in [1.54, 1.807) is 73.8 Å². The number of hydrogen-bond acceptors (Lipinski definition) is 4. The molecular weight excluding hydrogens is 356 g/mol. The first kappa shape index (κ1) is 19.0. The highest BCUT2D eigenvalue weighted by atomic mass is 16.5. The highest BCUT2D eigenvalue weighted by Gasteiger charge is 2.14. The van der Waals surface area contributed by atoms with Crippen molar-refractivity contribution in [1.29, 1.82) is 0 Å². The van der Waals surface area contributed by atoms with Crippen LogP contribution in [0.3, 0.4) is 0 Å². The normalized spacial score (nSPS) is 10.1. The molecule has 3 aromatic rings. The molecule has 2 amide bonds. The molecule has 0 fully saturated rings. The molecule has 0 aromatic heterocycles. The van der Waals surface area contributed by atoms with E-state index >= 15 is 0 Å². The van der Waals surface area contributed by atoms with Crippen molar-refractivity contribution in [2.24, 2.45) is 0 Å². The van der Waals surface area contributed by atoms with E-state index in [9.17, 15) is 9.59 Å². The summed E-state index contributed by atoms with van der Waals surface area (Å²) in [6.45, 7) is 0. The lowest BCUT2D eigenvalue weighted by atomic mass is 10.1. The molecule has 0 heterocycles. The van der Waals surface area contributed by atoms with Crippen LogP contribution in [0.25, 0.3) is 0 Å². The van der Waals surface area contributed by atoms with Crippen LogP contribution in [0.4, 0.5) is 11.4 Å². The lowest BCUT2D eigenvalue weighted by Crippen LogP contribution is -2.14. The second-order valence-electron chi connectivity index (χ2n) is 5.92. The Hall–Kier alpha value is -3.80. The zero-order chi connectivity index (χ0) is 19.9. The van der Waals surface area contributed by atoms with Crippen LogP contribution < -0.4 is 20.1 Å². The summed E-state index contributed by atoms with van der Waals surface area (Å²) in [6, 6.07) is 20.8. The number of ether oxygens (including phenoxy) is 2. The first-order valence-corrected chi connectivity index (χ1v) is 8.60. The summed E-state index contributed by atoms with van der Waals surface area (Å²) in [5, 5.41) is 5.63. The monoisotopic (exact) mass is 376 g/mol. The Balaban J connectivity index is 1.67. The van der Waals surface area contributed by atoms with E-state index in [0.717, 1.165) is 0 Å². The van der Waals surface area contributed by atoms with Crippen LogP contribution in [-0.2, 0) is 0 Å². The predicted octanol–water partition coefficient (Wildman–Crippen LogP) is 4.21. The van der Waals surface area contributed by atoms with Crippen LogP contribution in [0.5, 0.6) is 11.5 Å². The van der Waals surface area contributed by atoms with E-state index in [2.05, 4.69) is 10.6 Å². The first-order chi connectivity index (χ1) is 13.6. The smallest absolute Gasteiger partial charge is 0.259 e. The van der Waals surface area contributed by atoms with Gasteiger partial charge in [-0.05, 0) is 48.5 Å². The lowest BCUT2D eigenvalue weighted by molar-refractivity contribution is 0.101. The number of benzene rings is 3. The summed E-state index contributed by atoms with van der Waals surface area (Å²) in [7, 11) is 3.04. The molecule has 142 valence electrons. The third-order valence-corrected chi connectivity index (χ3v) is 4.09. The fourth-order valence-electron chi connectivity index (χ4n) is 2.61. The number of amides is 2. The first-order valence-electron chi connectivity index (χ1n) is 8.60. The molecule has 2 N–H and O–H groups in total. The molecule has 3 aromatic carbocycles. The second kappa shape index (κ2) is 8.73. The van der Waals surface area contributed by atoms with Gasteiger partial charge in [0.1, 0.15) is 11.5 Å². The highest BCUT2D eigenvalue weighted by molar-refractivity contribution is 6.07. The van der Waals surface area contributed by atoms with E-state index in [0.29, 0.717) is 34.0 Å². The van der Waals surface area contributed by atoms with Gasteiger partial charge in [-0.2, -0.15) is 0 Å². The van der Waals surface area contributed by atoms with Gasteiger partial charge in [0.15, 0.2) is 0 Å². The molecule has 0 aliphatic heterocycles. The lowest BCUT2D eigenvalue weighted by Gasteiger charge is -2.11. The van der Waals surface area contributed by atoms with Crippen LogP contribution in [-0.4, -0.2) is 26.0 Å². The maximum Gasteiger partial charge on any atom is 0.259 e. The minimum Gasteiger partial charge on any atom is -0.497 e. The summed E-state index contributed by atoms with van der Waals surface area (Å²) >= 11 is 0. The van der Waals surface area contributed by atoms with Crippen LogP contribution >= 0.6 is 0 Å². The molecule has 0 saturated carbocycles. The number of carbonyl (C=O) groups excluding carboxylic acids is 2. The van der Waals surface area contributed by atoms with Gasteiger partial charge in [-0.3, -0.25) is 9.59 Å². The quantitative estimate of drug-likeness (QED) is 0.676. The van der Waals surface area contributed by atoms with Crippen molar-refractivity contribution in [2.75, 3.05) is 24.9 Å². The Labute approximate surface area is 163 Å². The molecule has 28 heavy (non-hydrogen) atoms. The van der Waals surface area contributed by atoms with Gasteiger partial charge in [0, 0.05) is 23.0 Å². The van der Waals surface area contributed by atoms with Gasteiger partial charge in [-0.15, -0.1) is 0 Å². The van der Waals surface area contributed by atoms with E-state index in [4.69, 9.17) is 9.47 Å². The van der Waals surface area contributed by atoms with Crippen molar-refractivity contribution in [3.63, 3.8) is 0 Å². The largest absolute Gasteiger partial charge is 0.497 e. The van der Waals surface area contributed by atoms with E-state index in [-0.39, 0.29) is 11.8 Å². The zero-order valence-electron chi connectivity index (χ0n) is 15.6. The SMILES string of the molecule is COc1ccc(C(=O)Nc2ccc(NC(=O)c3ccccc3)cc2)c(OC)c1. The van der Waals surface area contributed by atoms with Crippen molar-refractivity contribution in [3.05, 3.63) is 83.9 Å². The van der Waals surface area contributed by atoms with Gasteiger partial charge in [-0.25, -0.2) is 0 Å². The molecule has 0 atom stereocenters. The topological polar surface area (TPSA) is 76.7 Å². The van der Waals surface area contributed by atoms with Crippen molar-refractivity contribution >= 4 is 23.2 Å². The van der Waals surface area contributed by atoms with Crippen molar-refractivity contribution in [2.45, 2.75) is 0 Å². The van der Waals surface area contributed by atoms with Crippen molar-refractivity contribution < 1.29 is 19.1 Å². The predicted molar refractivity (Wildman–Crippen MR) is 108 cm³/mol. The number of methoxy groups -OCH3 is 2. The molecule has 0 saturated heterocycles. The number of hydrogen-bond donors (Lipinski definition) is 2. The molecule has 0 spiro atoms. The number of rotatable bonds is 6. The molecule has 0 aliphatic rings.